The minimum Gasteiger partial charge on any atom is -0.476 e. The van der Waals surface area contributed by atoms with Crippen LogP contribution in [0.4, 0.5) is 9.18 Å². The maximum absolute atomic E-state index is 13.6. The second kappa shape index (κ2) is 6.93. The summed E-state index contributed by atoms with van der Waals surface area (Å²) in [4.78, 5) is 22.4. The van der Waals surface area contributed by atoms with Crippen molar-refractivity contribution in [3.05, 3.63) is 22.2 Å². The van der Waals surface area contributed by atoms with Crippen molar-refractivity contribution < 1.29 is 23.8 Å². The lowest BCUT2D eigenvalue weighted by Gasteiger charge is -2.19. The number of nitrogens with zero attached hydrogens (tertiary/aromatic N) is 1. The van der Waals surface area contributed by atoms with Gasteiger partial charge in [0.1, 0.15) is 5.60 Å². The van der Waals surface area contributed by atoms with E-state index in [1.54, 1.807) is 20.8 Å². The Morgan fingerprint density at radius 2 is 2.10 bits per heavy atom. The first-order valence-electron chi connectivity index (χ1n) is 6.36. The molecule has 0 aliphatic rings. The second-order valence-corrected chi connectivity index (χ2v) is 6.27. The van der Waals surface area contributed by atoms with E-state index in [1.165, 1.54) is 10.8 Å². The Kier molecular flexibility index (Phi) is 5.77. The molecule has 0 aliphatic carbocycles. The highest BCUT2D eigenvalue weighted by molar-refractivity contribution is 9.10. The van der Waals surface area contributed by atoms with Gasteiger partial charge in [0.25, 0.3) is 0 Å². The predicted molar refractivity (Wildman–Crippen MR) is 77.9 cm³/mol. The van der Waals surface area contributed by atoms with Crippen molar-refractivity contribution in [2.24, 2.45) is 0 Å². The maximum atomic E-state index is 13.6. The number of alkyl carbamates (subject to hydrolysis) is 1. The smallest absolute Gasteiger partial charge is 0.407 e. The fourth-order valence-electron chi connectivity index (χ4n) is 1.64. The average Bonchev–Trinajstić information content (AvgIpc) is 2.58. The van der Waals surface area contributed by atoms with E-state index >= 15 is 0 Å². The van der Waals surface area contributed by atoms with Crippen LogP contribution in [0.25, 0.3) is 0 Å². The van der Waals surface area contributed by atoms with E-state index in [1.807, 2.05) is 0 Å². The van der Waals surface area contributed by atoms with Crippen LogP contribution in [-0.2, 0) is 11.3 Å². The van der Waals surface area contributed by atoms with Gasteiger partial charge in [-0.05, 0) is 43.1 Å². The Morgan fingerprint density at radius 3 is 2.62 bits per heavy atom. The van der Waals surface area contributed by atoms with Crippen molar-refractivity contribution in [2.45, 2.75) is 39.3 Å². The van der Waals surface area contributed by atoms with Gasteiger partial charge in [0.15, 0.2) is 11.5 Å². The number of carbonyl (C=O) groups is 2. The lowest BCUT2D eigenvalue weighted by atomic mass is 10.2. The highest BCUT2D eigenvalue weighted by Gasteiger charge is 2.20. The molecule has 0 saturated heterocycles. The van der Waals surface area contributed by atoms with Crippen molar-refractivity contribution in [3.63, 3.8) is 0 Å². The molecule has 0 spiro atoms. The molecule has 0 aliphatic heterocycles. The van der Waals surface area contributed by atoms with E-state index in [9.17, 15) is 14.0 Å². The number of carboxylic acid groups (broad SMARTS) is 1. The molecule has 1 rings (SSSR count). The number of halogens is 2. The van der Waals surface area contributed by atoms with Gasteiger partial charge in [-0.25, -0.2) is 14.0 Å². The molecule has 21 heavy (non-hydrogen) atoms. The fourth-order valence-corrected chi connectivity index (χ4v) is 2.08. The number of carboxylic acids is 1. The summed E-state index contributed by atoms with van der Waals surface area (Å²) in [5, 5.41) is 11.5. The van der Waals surface area contributed by atoms with Gasteiger partial charge in [0.05, 0.1) is 4.47 Å². The molecule has 1 aromatic heterocycles. The van der Waals surface area contributed by atoms with E-state index < -0.39 is 29.2 Å². The Morgan fingerprint density at radius 1 is 1.48 bits per heavy atom. The number of aromatic nitrogens is 1. The van der Waals surface area contributed by atoms with Crippen LogP contribution in [-0.4, -0.2) is 33.9 Å². The van der Waals surface area contributed by atoms with Crippen molar-refractivity contribution in [3.8, 4) is 0 Å². The molecule has 0 radical (unpaired) electrons. The molecule has 0 fully saturated rings. The summed E-state index contributed by atoms with van der Waals surface area (Å²) < 4.78 is 20.0. The summed E-state index contributed by atoms with van der Waals surface area (Å²) in [7, 11) is 0. The highest BCUT2D eigenvalue weighted by Crippen LogP contribution is 2.21. The summed E-state index contributed by atoms with van der Waals surface area (Å²) in [5.74, 6) is -2.14. The SMILES string of the molecule is CC(C)(C)OC(=O)NCCCn1cc(Br)c(F)c1C(=O)O. The van der Waals surface area contributed by atoms with Gasteiger partial charge in [0.2, 0.25) is 0 Å². The zero-order valence-electron chi connectivity index (χ0n) is 12.1. The number of hydrogen-bond donors (Lipinski definition) is 2. The zero-order chi connectivity index (χ0) is 16.2. The highest BCUT2D eigenvalue weighted by atomic mass is 79.9. The summed E-state index contributed by atoms with van der Waals surface area (Å²) in [6.45, 7) is 5.83. The first-order chi connectivity index (χ1) is 9.61. The summed E-state index contributed by atoms with van der Waals surface area (Å²) >= 11 is 2.95. The van der Waals surface area contributed by atoms with Gasteiger partial charge in [-0.1, -0.05) is 0 Å². The van der Waals surface area contributed by atoms with E-state index in [2.05, 4.69) is 21.2 Å². The van der Waals surface area contributed by atoms with Crippen LogP contribution in [0.3, 0.4) is 0 Å². The lowest BCUT2D eigenvalue weighted by Crippen LogP contribution is -2.33. The third-order valence-corrected chi connectivity index (χ3v) is 2.97. The maximum Gasteiger partial charge on any atom is 0.407 e. The van der Waals surface area contributed by atoms with Crippen LogP contribution in [0, 0.1) is 5.82 Å². The van der Waals surface area contributed by atoms with Gasteiger partial charge >= 0.3 is 12.1 Å². The van der Waals surface area contributed by atoms with Gasteiger partial charge < -0.3 is 19.7 Å². The first kappa shape index (κ1) is 17.5. The molecular weight excluding hydrogens is 347 g/mol. The zero-order valence-corrected chi connectivity index (χ0v) is 13.7. The minimum absolute atomic E-state index is 0.0972. The summed E-state index contributed by atoms with van der Waals surface area (Å²) in [6.07, 6.45) is 1.27. The number of aryl methyl sites for hydroxylation is 1. The predicted octanol–water partition coefficient (Wildman–Crippen LogP) is 3.00. The quantitative estimate of drug-likeness (QED) is 0.787. The molecule has 1 heterocycles. The van der Waals surface area contributed by atoms with E-state index in [0.717, 1.165) is 0 Å². The first-order valence-corrected chi connectivity index (χ1v) is 7.15. The standard InChI is InChI=1S/C13H18BrFN2O4/c1-13(2,3)21-12(20)16-5-4-6-17-7-8(14)9(15)10(17)11(18)19/h7H,4-6H2,1-3H3,(H,16,20)(H,18,19). The van der Waals surface area contributed by atoms with Crippen molar-refractivity contribution in [1.29, 1.82) is 0 Å². The second-order valence-electron chi connectivity index (χ2n) is 5.42. The number of nitrogens with one attached hydrogen (secondary N) is 1. The molecule has 0 bridgehead atoms. The van der Waals surface area contributed by atoms with Crippen LogP contribution >= 0.6 is 15.9 Å². The molecule has 0 saturated carbocycles. The fraction of sp³-hybridized carbons (Fsp3) is 0.538. The Labute approximate surface area is 130 Å². The topological polar surface area (TPSA) is 80.6 Å². The third kappa shape index (κ3) is 5.37. The molecule has 0 aromatic carbocycles. The average molecular weight is 365 g/mol. The van der Waals surface area contributed by atoms with Crippen LogP contribution in [0.2, 0.25) is 0 Å². The number of rotatable bonds is 5. The number of ether oxygens (including phenoxy) is 1. The Balaban J connectivity index is 2.49. The normalized spacial score (nSPS) is 11.3. The molecule has 1 amide bonds. The van der Waals surface area contributed by atoms with Crippen molar-refractivity contribution >= 4 is 28.0 Å². The van der Waals surface area contributed by atoms with E-state index in [-0.39, 0.29) is 11.0 Å². The monoisotopic (exact) mass is 364 g/mol. The Bertz CT molecular complexity index is 537. The van der Waals surface area contributed by atoms with Crippen LogP contribution in [0.1, 0.15) is 37.7 Å². The van der Waals surface area contributed by atoms with E-state index in [0.29, 0.717) is 13.0 Å². The van der Waals surface area contributed by atoms with Gasteiger partial charge in [-0.15, -0.1) is 0 Å². The number of amides is 1. The van der Waals surface area contributed by atoms with Crippen LogP contribution in [0.15, 0.2) is 10.7 Å². The number of carbonyl (C=O) groups excluding carboxylic acids is 1. The molecule has 8 heteroatoms. The number of hydrogen-bond acceptors (Lipinski definition) is 3. The van der Waals surface area contributed by atoms with Crippen molar-refractivity contribution in [2.75, 3.05) is 6.54 Å². The molecule has 118 valence electrons. The molecule has 2 N–H and O–H groups in total. The third-order valence-electron chi connectivity index (χ3n) is 2.42. The molecular formula is C13H18BrFN2O4. The van der Waals surface area contributed by atoms with Crippen molar-refractivity contribution in [1.82, 2.24) is 9.88 Å². The lowest BCUT2D eigenvalue weighted by molar-refractivity contribution is 0.0525. The summed E-state index contributed by atoms with van der Waals surface area (Å²) in [5.41, 5.74) is -0.978. The van der Waals surface area contributed by atoms with Crippen LogP contribution in [0.5, 0.6) is 0 Å². The molecule has 6 nitrogen and oxygen atoms in total. The van der Waals surface area contributed by atoms with Gasteiger partial charge in [-0.3, -0.25) is 0 Å². The van der Waals surface area contributed by atoms with Gasteiger partial charge in [-0.2, -0.15) is 0 Å². The van der Waals surface area contributed by atoms with Crippen LogP contribution < -0.4 is 5.32 Å². The molecule has 0 unspecified atom stereocenters. The molecule has 1 aromatic rings. The Hall–Kier alpha value is -1.57. The van der Waals surface area contributed by atoms with Gasteiger partial charge in [0, 0.05) is 19.3 Å². The molecule has 0 atom stereocenters. The summed E-state index contributed by atoms with van der Waals surface area (Å²) in [6, 6.07) is 0. The minimum atomic E-state index is -1.33. The van der Waals surface area contributed by atoms with E-state index in [4.69, 9.17) is 9.84 Å². The largest absolute Gasteiger partial charge is 0.476 e. The number of aromatic carboxylic acids is 1.